The zero-order valence-corrected chi connectivity index (χ0v) is 11.4. The van der Waals surface area contributed by atoms with Gasteiger partial charge in [-0.05, 0) is 26.7 Å². The zero-order valence-electron chi connectivity index (χ0n) is 11.4. The molecule has 0 saturated carbocycles. The van der Waals surface area contributed by atoms with Gasteiger partial charge in [0.05, 0.1) is 6.10 Å². The van der Waals surface area contributed by atoms with Crippen molar-refractivity contribution in [1.29, 1.82) is 0 Å². The molecule has 0 spiro atoms. The molecule has 0 aliphatic rings. The Morgan fingerprint density at radius 1 is 0.929 bits per heavy atom. The third kappa shape index (κ3) is 58.7. The van der Waals surface area contributed by atoms with Crippen LogP contribution in [0.25, 0.3) is 0 Å². The van der Waals surface area contributed by atoms with Crippen LogP contribution < -0.4 is 0 Å². The highest BCUT2D eigenvalue weighted by Gasteiger charge is 1.80. The summed E-state index contributed by atoms with van der Waals surface area (Å²) in [7, 11) is 3.38. The molecule has 0 aliphatic carbocycles. The summed E-state index contributed by atoms with van der Waals surface area (Å²) >= 11 is 0. The molecule has 0 rings (SSSR count). The molecule has 0 amide bonds. The fraction of sp³-hybridized carbons (Fsp3) is 1.00. The summed E-state index contributed by atoms with van der Waals surface area (Å²) < 4.78 is 9.29. The van der Waals surface area contributed by atoms with Crippen LogP contribution in [-0.4, -0.2) is 26.9 Å². The highest BCUT2D eigenvalue weighted by Crippen LogP contribution is 1.93. The van der Waals surface area contributed by atoms with Crippen LogP contribution >= 0.6 is 0 Å². The zero-order chi connectivity index (χ0) is 12.0. The minimum Gasteiger partial charge on any atom is -0.385 e. The Kier molecular flexibility index (Phi) is 26.0. The Labute approximate surface area is 91.0 Å². The summed E-state index contributed by atoms with van der Waals surface area (Å²) in [5.74, 6) is 0.884. The van der Waals surface area contributed by atoms with Crippen LogP contribution in [0.3, 0.4) is 0 Å². The van der Waals surface area contributed by atoms with E-state index in [1.54, 1.807) is 14.2 Å². The minimum absolute atomic E-state index is 0.384. The summed E-state index contributed by atoms with van der Waals surface area (Å²) in [6, 6.07) is 0. The van der Waals surface area contributed by atoms with E-state index >= 15 is 0 Å². The predicted molar refractivity (Wildman–Crippen MR) is 64.8 cm³/mol. The smallest absolute Gasteiger partial charge is 0.0515 e. The summed E-state index contributed by atoms with van der Waals surface area (Å²) in [5.41, 5.74) is 0. The highest BCUT2D eigenvalue weighted by atomic mass is 16.5. The monoisotopic (exact) mass is 206 g/mol. The maximum atomic E-state index is 4.75. The summed E-state index contributed by atoms with van der Waals surface area (Å²) in [6.45, 7) is 13.4. The first kappa shape index (κ1) is 19.5. The van der Waals surface area contributed by atoms with E-state index in [4.69, 9.17) is 4.74 Å². The van der Waals surface area contributed by atoms with Crippen LogP contribution in [0, 0.1) is 5.92 Å². The van der Waals surface area contributed by atoms with Crippen LogP contribution in [-0.2, 0) is 9.47 Å². The number of hydrogen-bond donors (Lipinski definition) is 0. The van der Waals surface area contributed by atoms with E-state index in [0.717, 1.165) is 12.5 Å². The van der Waals surface area contributed by atoms with Gasteiger partial charge in [-0.3, -0.25) is 0 Å². The van der Waals surface area contributed by atoms with Gasteiger partial charge in [-0.25, -0.2) is 0 Å². The second kappa shape index (κ2) is 18.7. The van der Waals surface area contributed by atoms with Gasteiger partial charge >= 0.3 is 0 Å². The van der Waals surface area contributed by atoms with Gasteiger partial charge in [0.2, 0.25) is 0 Å². The van der Waals surface area contributed by atoms with Crippen molar-refractivity contribution in [2.75, 3.05) is 20.8 Å². The minimum atomic E-state index is 0.384. The molecule has 0 radical (unpaired) electrons. The Hall–Kier alpha value is -0.0800. The predicted octanol–water partition coefficient (Wildman–Crippen LogP) is 3.75. The molecule has 0 aromatic heterocycles. The maximum absolute atomic E-state index is 4.75. The van der Waals surface area contributed by atoms with Crippen molar-refractivity contribution in [3.63, 3.8) is 0 Å². The Balaban J connectivity index is -0.000000131. The largest absolute Gasteiger partial charge is 0.385 e. The molecule has 14 heavy (non-hydrogen) atoms. The number of rotatable bonds is 3. The molecule has 2 nitrogen and oxygen atoms in total. The lowest BCUT2D eigenvalue weighted by molar-refractivity contribution is 0.134. The quantitative estimate of drug-likeness (QED) is 0.700. The van der Waals surface area contributed by atoms with Gasteiger partial charge in [0, 0.05) is 20.8 Å². The van der Waals surface area contributed by atoms with Crippen LogP contribution in [0.4, 0.5) is 0 Å². The topological polar surface area (TPSA) is 18.5 Å². The summed E-state index contributed by atoms with van der Waals surface area (Å²) in [5, 5.41) is 0. The van der Waals surface area contributed by atoms with Crippen LogP contribution in [0.5, 0.6) is 0 Å². The van der Waals surface area contributed by atoms with E-state index < -0.39 is 0 Å². The third-order valence-electron chi connectivity index (χ3n) is 1.58. The van der Waals surface area contributed by atoms with E-state index in [2.05, 4.69) is 25.5 Å². The Morgan fingerprint density at radius 2 is 1.14 bits per heavy atom. The molecule has 0 heterocycles. The Morgan fingerprint density at radius 3 is 1.14 bits per heavy atom. The first-order valence-electron chi connectivity index (χ1n) is 5.47. The average molecular weight is 206 g/mol. The molecule has 0 fully saturated rings. The van der Waals surface area contributed by atoms with Gasteiger partial charge in [0.1, 0.15) is 0 Å². The van der Waals surface area contributed by atoms with Crippen molar-refractivity contribution in [3.8, 4) is 0 Å². The number of hydrogen-bond acceptors (Lipinski definition) is 2. The molecule has 0 atom stereocenters. The van der Waals surface area contributed by atoms with Crippen molar-refractivity contribution < 1.29 is 9.47 Å². The molecular formula is C12H30O2. The van der Waals surface area contributed by atoms with Crippen molar-refractivity contribution >= 4 is 0 Å². The van der Waals surface area contributed by atoms with Crippen molar-refractivity contribution in [2.45, 2.75) is 54.1 Å². The van der Waals surface area contributed by atoms with Gasteiger partial charge in [-0.2, -0.15) is 0 Å². The highest BCUT2D eigenvalue weighted by molar-refractivity contribution is 4.32. The first-order chi connectivity index (χ1) is 6.45. The van der Waals surface area contributed by atoms with Gasteiger partial charge in [0.25, 0.3) is 0 Å². The normalized spacial score (nSPS) is 9.00. The van der Waals surface area contributed by atoms with Crippen molar-refractivity contribution in [1.82, 2.24) is 0 Å². The molecule has 2 heteroatoms. The van der Waals surface area contributed by atoms with Gasteiger partial charge in [-0.1, -0.05) is 27.2 Å². The van der Waals surface area contributed by atoms with E-state index in [1.165, 1.54) is 6.42 Å². The van der Waals surface area contributed by atoms with Crippen molar-refractivity contribution in [2.24, 2.45) is 5.92 Å². The van der Waals surface area contributed by atoms with E-state index in [9.17, 15) is 0 Å². The molecule has 0 saturated heterocycles. The van der Waals surface area contributed by atoms with E-state index in [0.29, 0.717) is 6.10 Å². The number of ether oxygens (including phenoxy) is 2. The van der Waals surface area contributed by atoms with Crippen LogP contribution in [0.1, 0.15) is 48.0 Å². The van der Waals surface area contributed by atoms with E-state index in [1.807, 2.05) is 20.8 Å². The van der Waals surface area contributed by atoms with E-state index in [-0.39, 0.29) is 0 Å². The van der Waals surface area contributed by atoms with Gasteiger partial charge < -0.3 is 9.47 Å². The SMILES string of the molecule is CCC(C)C.CCOC.COC(C)C. The molecule has 0 bridgehead atoms. The van der Waals surface area contributed by atoms with Crippen LogP contribution in [0.2, 0.25) is 0 Å². The van der Waals surface area contributed by atoms with Gasteiger partial charge in [0.15, 0.2) is 0 Å². The molecule has 0 aromatic carbocycles. The summed E-state index contributed by atoms with van der Waals surface area (Å²) in [6.07, 6.45) is 1.69. The maximum Gasteiger partial charge on any atom is 0.0515 e. The lowest BCUT2D eigenvalue weighted by Crippen LogP contribution is -1.94. The molecule has 0 aromatic rings. The van der Waals surface area contributed by atoms with Gasteiger partial charge in [-0.15, -0.1) is 0 Å². The lowest BCUT2D eigenvalue weighted by Gasteiger charge is -1.94. The average Bonchev–Trinajstić information content (AvgIpc) is 2.19. The molecule has 90 valence electrons. The molecule has 0 N–H and O–H groups in total. The molecule has 0 unspecified atom stereocenters. The number of methoxy groups -OCH3 is 2. The third-order valence-corrected chi connectivity index (χ3v) is 1.58. The van der Waals surface area contributed by atoms with Crippen molar-refractivity contribution in [3.05, 3.63) is 0 Å². The Bertz CT molecular complexity index is 60.7. The second-order valence-corrected chi connectivity index (χ2v) is 3.66. The molecular weight excluding hydrogens is 176 g/mol. The summed E-state index contributed by atoms with van der Waals surface area (Å²) in [4.78, 5) is 0. The molecule has 0 aliphatic heterocycles. The standard InChI is InChI=1S/C5H12.C4H10O.C3H8O/c1-4-5(2)3;1-4(2)5-3;1-3-4-2/h5H,4H2,1-3H3;4H,1-3H3;3H2,1-2H3. The fourth-order valence-electron chi connectivity index (χ4n) is 0. The lowest BCUT2D eigenvalue weighted by atomic mass is 10.2. The first-order valence-corrected chi connectivity index (χ1v) is 5.47. The second-order valence-electron chi connectivity index (χ2n) is 3.66. The fourth-order valence-corrected chi connectivity index (χ4v) is 0. The van der Waals surface area contributed by atoms with Crippen LogP contribution in [0.15, 0.2) is 0 Å².